The van der Waals surface area contributed by atoms with E-state index in [0.29, 0.717) is 16.7 Å². The maximum Gasteiger partial charge on any atom is 0.258 e. The van der Waals surface area contributed by atoms with E-state index < -0.39 is 5.82 Å². The Morgan fingerprint density at radius 1 is 1.20 bits per heavy atom. The molecule has 1 aromatic heterocycles. The molecule has 0 fully saturated rings. The molecule has 0 unspecified atom stereocenters. The van der Waals surface area contributed by atoms with Gasteiger partial charge in [0.05, 0.1) is 29.7 Å². The SMILES string of the molecule is CN(CC(=O)Nc1ccccc1F)Cc1nc2ccccc2c(=O)[nH]1. The Balaban J connectivity index is 1.66. The predicted octanol–water partition coefficient (Wildman–Crippen LogP) is 2.13. The summed E-state index contributed by atoms with van der Waals surface area (Å²) in [6, 6.07) is 13.0. The maximum atomic E-state index is 13.5. The number of para-hydroxylation sites is 2. The van der Waals surface area contributed by atoms with Gasteiger partial charge in [0, 0.05) is 0 Å². The summed E-state index contributed by atoms with van der Waals surface area (Å²) in [4.78, 5) is 32.9. The minimum atomic E-state index is -0.487. The van der Waals surface area contributed by atoms with Crippen LogP contribution in [0.4, 0.5) is 10.1 Å². The lowest BCUT2D eigenvalue weighted by Crippen LogP contribution is -2.31. The number of benzene rings is 2. The van der Waals surface area contributed by atoms with Gasteiger partial charge in [0.25, 0.3) is 5.56 Å². The van der Waals surface area contributed by atoms with Crippen LogP contribution in [0.5, 0.6) is 0 Å². The molecule has 7 heteroatoms. The number of H-pyrrole nitrogens is 1. The zero-order chi connectivity index (χ0) is 17.8. The maximum absolute atomic E-state index is 13.5. The van der Waals surface area contributed by atoms with Gasteiger partial charge in [-0.15, -0.1) is 0 Å². The number of aromatic nitrogens is 2. The second-order valence-electron chi connectivity index (χ2n) is 5.73. The average molecular weight is 340 g/mol. The molecule has 0 aliphatic heterocycles. The number of anilines is 1. The summed E-state index contributed by atoms with van der Waals surface area (Å²) in [5.41, 5.74) is 0.522. The van der Waals surface area contributed by atoms with Crippen molar-refractivity contribution in [3.8, 4) is 0 Å². The lowest BCUT2D eigenvalue weighted by molar-refractivity contribution is -0.117. The summed E-state index contributed by atoms with van der Waals surface area (Å²) < 4.78 is 13.5. The van der Waals surface area contributed by atoms with Crippen molar-refractivity contribution in [3.63, 3.8) is 0 Å². The van der Waals surface area contributed by atoms with Gasteiger partial charge in [-0.1, -0.05) is 24.3 Å². The van der Waals surface area contributed by atoms with Gasteiger partial charge < -0.3 is 10.3 Å². The van der Waals surface area contributed by atoms with Crippen molar-refractivity contribution in [3.05, 3.63) is 70.5 Å². The van der Waals surface area contributed by atoms with Gasteiger partial charge in [-0.05, 0) is 31.3 Å². The van der Waals surface area contributed by atoms with Crippen LogP contribution in [0.25, 0.3) is 10.9 Å². The molecule has 0 saturated carbocycles. The molecule has 0 saturated heterocycles. The molecule has 25 heavy (non-hydrogen) atoms. The smallest absolute Gasteiger partial charge is 0.258 e. The van der Waals surface area contributed by atoms with E-state index in [9.17, 15) is 14.0 Å². The molecule has 0 radical (unpaired) electrons. The first-order chi connectivity index (χ1) is 12.0. The van der Waals surface area contributed by atoms with Crippen LogP contribution in [-0.4, -0.2) is 34.4 Å². The van der Waals surface area contributed by atoms with Crippen molar-refractivity contribution < 1.29 is 9.18 Å². The Morgan fingerprint density at radius 2 is 1.92 bits per heavy atom. The molecule has 3 aromatic rings. The summed E-state index contributed by atoms with van der Waals surface area (Å²) in [7, 11) is 1.72. The highest BCUT2D eigenvalue weighted by molar-refractivity contribution is 5.92. The highest BCUT2D eigenvalue weighted by Crippen LogP contribution is 2.12. The lowest BCUT2D eigenvalue weighted by Gasteiger charge is -2.16. The molecule has 2 aromatic carbocycles. The fourth-order valence-electron chi connectivity index (χ4n) is 2.52. The lowest BCUT2D eigenvalue weighted by atomic mass is 10.2. The van der Waals surface area contributed by atoms with Crippen LogP contribution in [0.15, 0.2) is 53.3 Å². The zero-order valence-electron chi connectivity index (χ0n) is 13.6. The normalized spacial score (nSPS) is 11.0. The van der Waals surface area contributed by atoms with Crippen LogP contribution in [0, 0.1) is 5.82 Å². The summed E-state index contributed by atoms with van der Waals surface area (Å²) in [5, 5.41) is 3.04. The van der Waals surface area contributed by atoms with Crippen LogP contribution in [-0.2, 0) is 11.3 Å². The molecule has 0 spiro atoms. The zero-order valence-corrected chi connectivity index (χ0v) is 13.6. The number of halogens is 1. The standard InChI is InChI=1S/C18H17FN4O2/c1-23(11-17(24)21-15-9-5-3-7-13(15)19)10-16-20-14-8-4-2-6-12(14)18(25)22-16/h2-9H,10-11H2,1H3,(H,21,24)(H,20,22,25). The minimum Gasteiger partial charge on any atom is -0.322 e. The van der Waals surface area contributed by atoms with Crippen molar-refractivity contribution in [2.45, 2.75) is 6.54 Å². The molecule has 6 nitrogen and oxygen atoms in total. The third kappa shape index (κ3) is 4.07. The molecule has 0 aliphatic rings. The van der Waals surface area contributed by atoms with Crippen molar-refractivity contribution in [2.24, 2.45) is 0 Å². The fourth-order valence-corrected chi connectivity index (χ4v) is 2.52. The highest BCUT2D eigenvalue weighted by Gasteiger charge is 2.11. The summed E-state index contributed by atoms with van der Waals surface area (Å²) >= 11 is 0. The number of fused-ring (bicyclic) bond motifs is 1. The third-order valence-corrected chi connectivity index (χ3v) is 3.64. The predicted molar refractivity (Wildman–Crippen MR) is 93.7 cm³/mol. The van der Waals surface area contributed by atoms with Crippen molar-refractivity contribution in [1.82, 2.24) is 14.9 Å². The number of hydrogen-bond acceptors (Lipinski definition) is 4. The Labute approximate surface area is 143 Å². The van der Waals surface area contributed by atoms with Crippen LogP contribution < -0.4 is 10.9 Å². The van der Waals surface area contributed by atoms with Crippen LogP contribution in [0.3, 0.4) is 0 Å². The quantitative estimate of drug-likeness (QED) is 0.746. The summed E-state index contributed by atoms with van der Waals surface area (Å²) in [5.74, 6) is -0.375. The Bertz CT molecular complexity index is 970. The molecule has 1 heterocycles. The van der Waals surface area contributed by atoms with Crippen molar-refractivity contribution in [1.29, 1.82) is 0 Å². The molecule has 1 amide bonds. The van der Waals surface area contributed by atoms with Gasteiger partial charge in [0.1, 0.15) is 11.6 Å². The number of hydrogen-bond donors (Lipinski definition) is 2. The van der Waals surface area contributed by atoms with E-state index in [1.807, 2.05) is 6.07 Å². The largest absolute Gasteiger partial charge is 0.322 e. The number of aromatic amines is 1. The van der Waals surface area contributed by atoms with Gasteiger partial charge in [0.2, 0.25) is 5.91 Å². The molecule has 0 aliphatic carbocycles. The fraction of sp³-hybridized carbons (Fsp3) is 0.167. The van der Waals surface area contributed by atoms with E-state index in [-0.39, 0.29) is 30.2 Å². The first-order valence-electron chi connectivity index (χ1n) is 7.74. The second-order valence-corrected chi connectivity index (χ2v) is 5.73. The number of carbonyl (C=O) groups excluding carboxylic acids is 1. The van der Waals surface area contributed by atoms with E-state index in [1.165, 1.54) is 12.1 Å². The monoisotopic (exact) mass is 340 g/mol. The molecular weight excluding hydrogens is 323 g/mol. The van der Waals surface area contributed by atoms with E-state index >= 15 is 0 Å². The van der Waals surface area contributed by atoms with Gasteiger partial charge in [-0.3, -0.25) is 14.5 Å². The molecule has 3 rings (SSSR count). The third-order valence-electron chi connectivity index (χ3n) is 3.64. The summed E-state index contributed by atoms with van der Waals surface area (Å²) in [6.45, 7) is 0.315. The average Bonchev–Trinajstić information content (AvgIpc) is 2.57. The molecule has 0 atom stereocenters. The van der Waals surface area contributed by atoms with Crippen LogP contribution in [0.2, 0.25) is 0 Å². The Morgan fingerprint density at radius 3 is 2.72 bits per heavy atom. The molecule has 2 N–H and O–H groups in total. The first-order valence-corrected chi connectivity index (χ1v) is 7.74. The van der Waals surface area contributed by atoms with E-state index in [0.717, 1.165) is 0 Å². The number of likely N-dealkylation sites (N-methyl/N-ethyl adjacent to an activating group) is 1. The van der Waals surface area contributed by atoms with Crippen LogP contribution >= 0.6 is 0 Å². The first kappa shape index (κ1) is 16.8. The van der Waals surface area contributed by atoms with Gasteiger partial charge >= 0.3 is 0 Å². The topological polar surface area (TPSA) is 78.1 Å². The van der Waals surface area contributed by atoms with Gasteiger partial charge in [-0.2, -0.15) is 0 Å². The van der Waals surface area contributed by atoms with Crippen LogP contribution in [0.1, 0.15) is 5.82 Å². The highest BCUT2D eigenvalue weighted by atomic mass is 19.1. The Kier molecular flexibility index (Phi) is 4.85. The number of nitrogens with zero attached hydrogens (tertiary/aromatic N) is 2. The van der Waals surface area contributed by atoms with Gasteiger partial charge in [0.15, 0.2) is 0 Å². The number of carbonyl (C=O) groups is 1. The van der Waals surface area contributed by atoms with E-state index in [4.69, 9.17) is 0 Å². The van der Waals surface area contributed by atoms with Gasteiger partial charge in [-0.25, -0.2) is 9.37 Å². The number of amides is 1. The van der Waals surface area contributed by atoms with E-state index in [1.54, 1.807) is 42.3 Å². The molecule has 0 bridgehead atoms. The van der Waals surface area contributed by atoms with E-state index in [2.05, 4.69) is 15.3 Å². The second kappa shape index (κ2) is 7.23. The van der Waals surface area contributed by atoms with Crippen molar-refractivity contribution in [2.75, 3.05) is 18.9 Å². The number of nitrogens with one attached hydrogen (secondary N) is 2. The van der Waals surface area contributed by atoms with Crippen molar-refractivity contribution >= 4 is 22.5 Å². The molecular formula is C18H17FN4O2. The number of rotatable bonds is 5. The Hall–Kier alpha value is -3.06. The summed E-state index contributed by atoms with van der Waals surface area (Å²) in [6.07, 6.45) is 0. The molecule has 128 valence electrons. The minimum absolute atomic E-state index is 0.0326.